The summed E-state index contributed by atoms with van der Waals surface area (Å²) in [6, 6.07) is 6.97. The quantitative estimate of drug-likeness (QED) is 0.730. The number of carboxylic acid groups (broad SMARTS) is 1. The van der Waals surface area contributed by atoms with E-state index in [0.29, 0.717) is 31.9 Å². The van der Waals surface area contributed by atoms with E-state index in [0.717, 1.165) is 5.56 Å². The number of carbonyl (C=O) groups is 3. The minimum absolute atomic E-state index is 0.173. The molecule has 0 aliphatic carbocycles. The van der Waals surface area contributed by atoms with Crippen molar-refractivity contribution in [2.45, 2.75) is 19.1 Å². The Morgan fingerprint density at radius 1 is 1.35 bits per heavy atom. The molecule has 2 fully saturated rings. The van der Waals surface area contributed by atoms with Gasteiger partial charge in [0.2, 0.25) is 5.91 Å². The van der Waals surface area contributed by atoms with Crippen LogP contribution in [0.4, 0.5) is 15.3 Å². The van der Waals surface area contributed by atoms with Crippen molar-refractivity contribution in [3.05, 3.63) is 29.8 Å². The smallest absolute Gasteiger partial charge is 0.414 e. The second-order valence-corrected chi connectivity index (χ2v) is 6.34. The van der Waals surface area contributed by atoms with E-state index in [1.54, 1.807) is 12.1 Å². The minimum atomic E-state index is -0.940. The number of amides is 3. The van der Waals surface area contributed by atoms with Crippen molar-refractivity contribution in [2.75, 3.05) is 37.6 Å². The predicted octanol–water partition coefficient (Wildman–Crippen LogP) is 0.772. The number of anilines is 1. The molecule has 1 aromatic rings. The first-order valence-electron chi connectivity index (χ1n) is 8.48. The second kappa shape index (κ2) is 7.61. The number of hydrogen-bond donors (Lipinski definition) is 3. The maximum atomic E-state index is 12.1. The Kier molecular flexibility index (Phi) is 5.27. The Labute approximate surface area is 150 Å². The molecule has 2 heterocycles. The van der Waals surface area contributed by atoms with Gasteiger partial charge in [-0.2, -0.15) is 0 Å². The Hall–Kier alpha value is -2.81. The van der Waals surface area contributed by atoms with Gasteiger partial charge in [-0.3, -0.25) is 14.6 Å². The molecule has 2 atom stereocenters. The molecular weight excluding hydrogens is 340 g/mol. The number of carbonyl (C=O) groups excluding carboxylic acids is 2. The molecule has 9 nitrogen and oxygen atoms in total. The zero-order valence-corrected chi connectivity index (χ0v) is 14.5. The summed E-state index contributed by atoms with van der Waals surface area (Å²) in [5.41, 5.74) is 1.54. The van der Waals surface area contributed by atoms with Gasteiger partial charge in [0.05, 0.1) is 19.1 Å². The lowest BCUT2D eigenvalue weighted by molar-refractivity contribution is -0.119. The number of hydrogen-bond acceptors (Lipinski definition) is 5. The lowest BCUT2D eigenvalue weighted by Gasteiger charge is -2.34. The minimum Gasteiger partial charge on any atom is -0.465 e. The molecule has 26 heavy (non-hydrogen) atoms. The van der Waals surface area contributed by atoms with Gasteiger partial charge >= 0.3 is 12.2 Å². The van der Waals surface area contributed by atoms with Crippen molar-refractivity contribution in [3.8, 4) is 0 Å². The van der Waals surface area contributed by atoms with Gasteiger partial charge in [0.15, 0.2) is 0 Å². The summed E-state index contributed by atoms with van der Waals surface area (Å²) in [6.45, 7) is 3.66. The van der Waals surface area contributed by atoms with Crippen molar-refractivity contribution in [2.24, 2.45) is 0 Å². The van der Waals surface area contributed by atoms with Crippen LogP contribution in [0.2, 0.25) is 0 Å². The van der Waals surface area contributed by atoms with Gasteiger partial charge in [-0.05, 0) is 17.7 Å². The standard InChI is InChI=1S/C17H22N4O5/c1-11(22)19-8-14-10-21(17(25)26-14)13-4-2-12(3-5-13)15-9-18-6-7-20(15)16(23)24/h2-5,14-15,18H,6-10H2,1H3,(H,19,22)(H,23,24). The SMILES string of the molecule is CC(=O)NCC1CN(c2ccc(C3CNCCN3C(=O)O)cc2)C(=O)O1. The molecule has 2 unspecified atom stereocenters. The van der Waals surface area contributed by atoms with E-state index >= 15 is 0 Å². The molecule has 2 aliphatic heterocycles. The first-order valence-corrected chi connectivity index (χ1v) is 8.48. The number of piperazine rings is 1. The van der Waals surface area contributed by atoms with Crippen LogP contribution in [-0.4, -0.2) is 66.9 Å². The summed E-state index contributed by atoms with van der Waals surface area (Å²) in [5, 5.41) is 15.2. The molecule has 0 saturated carbocycles. The molecule has 3 rings (SSSR count). The van der Waals surface area contributed by atoms with Gasteiger partial charge in [-0.1, -0.05) is 12.1 Å². The van der Waals surface area contributed by atoms with E-state index in [2.05, 4.69) is 10.6 Å². The van der Waals surface area contributed by atoms with Gasteiger partial charge in [0.25, 0.3) is 0 Å². The third-order valence-electron chi connectivity index (χ3n) is 4.53. The molecule has 2 saturated heterocycles. The molecule has 1 aromatic carbocycles. The first kappa shape index (κ1) is 18.0. The summed E-state index contributed by atoms with van der Waals surface area (Å²) in [7, 11) is 0. The highest BCUT2D eigenvalue weighted by Crippen LogP contribution is 2.27. The van der Waals surface area contributed by atoms with E-state index < -0.39 is 18.3 Å². The van der Waals surface area contributed by atoms with Crippen LogP contribution in [0.15, 0.2) is 24.3 Å². The van der Waals surface area contributed by atoms with Crippen LogP contribution in [0.5, 0.6) is 0 Å². The van der Waals surface area contributed by atoms with Gasteiger partial charge in [0, 0.05) is 32.2 Å². The van der Waals surface area contributed by atoms with Crippen molar-refractivity contribution < 1.29 is 24.2 Å². The summed E-state index contributed by atoms with van der Waals surface area (Å²) in [5.74, 6) is -0.173. The number of nitrogens with zero attached hydrogens (tertiary/aromatic N) is 2. The fourth-order valence-electron chi connectivity index (χ4n) is 3.20. The van der Waals surface area contributed by atoms with Gasteiger partial charge in [0.1, 0.15) is 6.10 Å². The van der Waals surface area contributed by atoms with Crippen molar-refractivity contribution in [3.63, 3.8) is 0 Å². The Morgan fingerprint density at radius 2 is 2.08 bits per heavy atom. The van der Waals surface area contributed by atoms with E-state index in [4.69, 9.17) is 4.74 Å². The summed E-state index contributed by atoms with van der Waals surface area (Å²) < 4.78 is 5.25. The van der Waals surface area contributed by atoms with E-state index in [9.17, 15) is 19.5 Å². The van der Waals surface area contributed by atoms with Gasteiger partial charge < -0.3 is 20.5 Å². The highest BCUT2D eigenvalue weighted by Gasteiger charge is 2.33. The lowest BCUT2D eigenvalue weighted by Crippen LogP contribution is -2.48. The molecule has 3 N–H and O–H groups in total. The molecular formula is C17H22N4O5. The van der Waals surface area contributed by atoms with E-state index in [-0.39, 0.29) is 18.5 Å². The van der Waals surface area contributed by atoms with Crippen LogP contribution < -0.4 is 15.5 Å². The third-order valence-corrected chi connectivity index (χ3v) is 4.53. The topological polar surface area (TPSA) is 111 Å². The number of rotatable bonds is 4. The Balaban J connectivity index is 1.68. The molecule has 3 amide bonds. The highest BCUT2D eigenvalue weighted by molar-refractivity contribution is 5.89. The second-order valence-electron chi connectivity index (χ2n) is 6.34. The zero-order valence-electron chi connectivity index (χ0n) is 14.5. The van der Waals surface area contributed by atoms with Crippen LogP contribution in [0, 0.1) is 0 Å². The van der Waals surface area contributed by atoms with Gasteiger partial charge in [-0.15, -0.1) is 0 Å². The first-order chi connectivity index (χ1) is 12.5. The predicted molar refractivity (Wildman–Crippen MR) is 93.1 cm³/mol. The molecule has 0 bridgehead atoms. The average Bonchev–Trinajstić information content (AvgIpc) is 3.01. The van der Waals surface area contributed by atoms with Crippen molar-refractivity contribution >= 4 is 23.8 Å². The van der Waals surface area contributed by atoms with Crippen LogP contribution in [0.25, 0.3) is 0 Å². The van der Waals surface area contributed by atoms with Crippen LogP contribution in [0.1, 0.15) is 18.5 Å². The van der Waals surface area contributed by atoms with E-state index in [1.807, 2.05) is 12.1 Å². The van der Waals surface area contributed by atoms with Crippen LogP contribution in [0.3, 0.4) is 0 Å². The monoisotopic (exact) mass is 362 g/mol. The molecule has 0 spiro atoms. The molecule has 9 heteroatoms. The number of cyclic esters (lactones) is 1. The van der Waals surface area contributed by atoms with Gasteiger partial charge in [-0.25, -0.2) is 9.59 Å². The number of nitrogens with one attached hydrogen (secondary N) is 2. The number of ether oxygens (including phenoxy) is 1. The Morgan fingerprint density at radius 3 is 2.73 bits per heavy atom. The van der Waals surface area contributed by atoms with Crippen LogP contribution >= 0.6 is 0 Å². The van der Waals surface area contributed by atoms with Crippen molar-refractivity contribution in [1.29, 1.82) is 0 Å². The highest BCUT2D eigenvalue weighted by atomic mass is 16.6. The maximum absolute atomic E-state index is 12.1. The lowest BCUT2D eigenvalue weighted by atomic mass is 10.0. The number of benzene rings is 1. The third kappa shape index (κ3) is 3.88. The molecule has 2 aliphatic rings. The summed E-state index contributed by atoms with van der Waals surface area (Å²) in [6.07, 6.45) is -1.79. The average molecular weight is 362 g/mol. The Bertz CT molecular complexity index is 693. The normalized spacial score (nSPS) is 22.9. The summed E-state index contributed by atoms with van der Waals surface area (Å²) >= 11 is 0. The van der Waals surface area contributed by atoms with E-state index in [1.165, 1.54) is 16.7 Å². The molecule has 140 valence electrons. The molecule has 0 aromatic heterocycles. The summed E-state index contributed by atoms with van der Waals surface area (Å²) in [4.78, 5) is 37.4. The zero-order chi connectivity index (χ0) is 18.7. The molecule has 0 radical (unpaired) electrons. The fourth-order valence-corrected chi connectivity index (χ4v) is 3.20. The fraction of sp³-hybridized carbons (Fsp3) is 0.471. The van der Waals surface area contributed by atoms with Crippen molar-refractivity contribution in [1.82, 2.24) is 15.5 Å². The largest absolute Gasteiger partial charge is 0.465 e. The maximum Gasteiger partial charge on any atom is 0.414 e. The van der Waals surface area contributed by atoms with Crippen LogP contribution in [-0.2, 0) is 9.53 Å².